The van der Waals surface area contributed by atoms with Crippen molar-refractivity contribution in [3.8, 4) is 11.5 Å². The van der Waals surface area contributed by atoms with Gasteiger partial charge in [-0.15, -0.1) is 12.4 Å². The predicted octanol–water partition coefficient (Wildman–Crippen LogP) is 2.84. The quantitative estimate of drug-likeness (QED) is 0.683. The summed E-state index contributed by atoms with van der Waals surface area (Å²) in [5.74, 6) is 1.78. The zero-order chi connectivity index (χ0) is 20.1. The molecule has 1 aliphatic heterocycles. The van der Waals surface area contributed by atoms with Crippen molar-refractivity contribution in [2.24, 2.45) is 5.92 Å². The van der Waals surface area contributed by atoms with E-state index in [4.69, 9.17) is 9.47 Å². The lowest BCUT2D eigenvalue weighted by atomic mass is 10.1. The van der Waals surface area contributed by atoms with E-state index in [1.165, 1.54) is 0 Å². The zero-order valence-electron chi connectivity index (χ0n) is 17.6. The van der Waals surface area contributed by atoms with Gasteiger partial charge in [0.25, 0.3) is 5.91 Å². The van der Waals surface area contributed by atoms with Crippen LogP contribution in [0.4, 0.5) is 0 Å². The number of carbonyl (C=O) groups is 1. The Morgan fingerprint density at radius 1 is 1.24 bits per heavy atom. The van der Waals surface area contributed by atoms with Crippen LogP contribution in [0.3, 0.4) is 0 Å². The molecule has 1 aromatic carbocycles. The molecule has 0 unspecified atom stereocenters. The highest BCUT2D eigenvalue weighted by atomic mass is 35.5. The average molecular weight is 423 g/mol. The fourth-order valence-electron chi connectivity index (χ4n) is 3.57. The molecule has 0 atom stereocenters. The van der Waals surface area contributed by atoms with E-state index in [-0.39, 0.29) is 18.3 Å². The SMILES string of the molecule is COc1ccc(CCN(CC(C)C)C(=O)c2n[nH]c3c2CNCC3)cc1OC.Cl. The van der Waals surface area contributed by atoms with Gasteiger partial charge in [-0.05, 0) is 30.0 Å². The number of nitrogens with zero attached hydrogens (tertiary/aromatic N) is 2. The van der Waals surface area contributed by atoms with Gasteiger partial charge in [-0.25, -0.2) is 0 Å². The van der Waals surface area contributed by atoms with Gasteiger partial charge in [-0.2, -0.15) is 5.10 Å². The molecule has 1 aromatic heterocycles. The lowest BCUT2D eigenvalue weighted by molar-refractivity contribution is 0.0730. The van der Waals surface area contributed by atoms with Crippen LogP contribution in [0.1, 0.15) is 41.2 Å². The number of ether oxygens (including phenoxy) is 2. The van der Waals surface area contributed by atoms with Gasteiger partial charge in [-0.3, -0.25) is 9.89 Å². The van der Waals surface area contributed by atoms with Crippen LogP contribution in [0.5, 0.6) is 11.5 Å². The number of aromatic amines is 1. The van der Waals surface area contributed by atoms with Crippen LogP contribution < -0.4 is 14.8 Å². The molecule has 0 aliphatic carbocycles. The number of methoxy groups -OCH3 is 2. The number of nitrogens with one attached hydrogen (secondary N) is 2. The third-order valence-electron chi connectivity index (χ3n) is 5.00. The number of halogens is 1. The van der Waals surface area contributed by atoms with Crippen LogP contribution in [-0.2, 0) is 19.4 Å². The fraction of sp³-hybridized carbons (Fsp3) is 0.524. The summed E-state index contributed by atoms with van der Waals surface area (Å²) in [6.45, 7) is 7.18. The number of benzene rings is 1. The lowest BCUT2D eigenvalue weighted by Gasteiger charge is -2.25. The molecule has 3 rings (SSSR count). The van der Waals surface area contributed by atoms with E-state index >= 15 is 0 Å². The molecule has 0 fully saturated rings. The highest BCUT2D eigenvalue weighted by Gasteiger charge is 2.26. The number of aromatic nitrogens is 2. The Morgan fingerprint density at radius 2 is 2.00 bits per heavy atom. The maximum Gasteiger partial charge on any atom is 0.274 e. The molecule has 0 saturated heterocycles. The molecule has 2 heterocycles. The average Bonchev–Trinajstić information content (AvgIpc) is 3.14. The van der Waals surface area contributed by atoms with Gasteiger partial charge in [-0.1, -0.05) is 19.9 Å². The molecule has 7 nitrogen and oxygen atoms in total. The topological polar surface area (TPSA) is 79.5 Å². The van der Waals surface area contributed by atoms with E-state index in [0.717, 1.165) is 36.2 Å². The van der Waals surface area contributed by atoms with E-state index in [0.29, 0.717) is 42.7 Å². The molecule has 160 valence electrons. The van der Waals surface area contributed by atoms with Crippen LogP contribution in [0.25, 0.3) is 0 Å². The molecule has 0 bridgehead atoms. The summed E-state index contributed by atoms with van der Waals surface area (Å²) < 4.78 is 10.7. The Kier molecular flexibility index (Phi) is 8.34. The predicted molar refractivity (Wildman–Crippen MR) is 115 cm³/mol. The largest absolute Gasteiger partial charge is 0.493 e. The van der Waals surface area contributed by atoms with Crippen molar-refractivity contribution < 1.29 is 14.3 Å². The summed E-state index contributed by atoms with van der Waals surface area (Å²) in [6.07, 6.45) is 1.62. The molecule has 29 heavy (non-hydrogen) atoms. The summed E-state index contributed by atoms with van der Waals surface area (Å²) in [6, 6.07) is 5.88. The van der Waals surface area contributed by atoms with Crippen molar-refractivity contribution in [3.63, 3.8) is 0 Å². The lowest BCUT2D eigenvalue weighted by Crippen LogP contribution is -2.37. The number of hydrogen-bond donors (Lipinski definition) is 2. The van der Waals surface area contributed by atoms with E-state index in [1.54, 1.807) is 14.2 Å². The monoisotopic (exact) mass is 422 g/mol. The van der Waals surface area contributed by atoms with E-state index in [9.17, 15) is 4.79 Å². The maximum absolute atomic E-state index is 13.2. The number of rotatable bonds is 8. The first-order valence-corrected chi connectivity index (χ1v) is 9.80. The minimum absolute atomic E-state index is 0. The van der Waals surface area contributed by atoms with Crippen LogP contribution in [0.15, 0.2) is 18.2 Å². The molecule has 2 aromatic rings. The Labute approximate surface area is 178 Å². The van der Waals surface area contributed by atoms with Crippen molar-refractivity contribution in [2.75, 3.05) is 33.9 Å². The summed E-state index contributed by atoms with van der Waals surface area (Å²) in [4.78, 5) is 15.1. The van der Waals surface area contributed by atoms with Crippen molar-refractivity contribution in [1.29, 1.82) is 0 Å². The second kappa shape index (κ2) is 10.5. The second-order valence-electron chi connectivity index (χ2n) is 7.54. The molecule has 0 spiro atoms. The minimum atomic E-state index is -0.00428. The number of fused-ring (bicyclic) bond motifs is 1. The standard InChI is InChI=1S/C21H30N4O3.ClH/c1-14(2)13-25(10-8-15-5-6-18(27-3)19(11-15)28-4)21(26)20-16-12-22-9-7-17(16)23-24-20;/h5-6,11,14,22H,7-10,12-13H2,1-4H3,(H,23,24);1H. The number of carbonyl (C=O) groups excluding carboxylic acids is 1. The van der Waals surface area contributed by atoms with Gasteiger partial charge >= 0.3 is 0 Å². The smallest absolute Gasteiger partial charge is 0.274 e. The van der Waals surface area contributed by atoms with Crippen molar-refractivity contribution >= 4 is 18.3 Å². The first-order valence-electron chi connectivity index (χ1n) is 9.80. The molecule has 8 heteroatoms. The van der Waals surface area contributed by atoms with Crippen LogP contribution in [-0.4, -0.2) is 54.9 Å². The second-order valence-corrected chi connectivity index (χ2v) is 7.54. The van der Waals surface area contributed by atoms with Gasteiger partial charge < -0.3 is 19.7 Å². The van der Waals surface area contributed by atoms with Gasteiger partial charge in [0, 0.05) is 43.9 Å². The number of hydrogen-bond acceptors (Lipinski definition) is 5. The third kappa shape index (κ3) is 5.42. The Balaban J connectivity index is 0.00000300. The summed E-state index contributed by atoms with van der Waals surface area (Å²) in [5.41, 5.74) is 3.74. The molecule has 0 saturated carbocycles. The molecular formula is C21H31ClN4O3. The van der Waals surface area contributed by atoms with Crippen LogP contribution >= 0.6 is 12.4 Å². The van der Waals surface area contributed by atoms with Gasteiger partial charge in [0.15, 0.2) is 17.2 Å². The fourth-order valence-corrected chi connectivity index (χ4v) is 3.57. The first-order chi connectivity index (χ1) is 13.5. The van der Waals surface area contributed by atoms with Gasteiger partial charge in [0.2, 0.25) is 0 Å². The molecule has 0 radical (unpaired) electrons. The highest BCUT2D eigenvalue weighted by Crippen LogP contribution is 2.28. The molecule has 2 N–H and O–H groups in total. The minimum Gasteiger partial charge on any atom is -0.493 e. The summed E-state index contributed by atoms with van der Waals surface area (Å²) in [7, 11) is 3.25. The Bertz CT molecular complexity index is 822. The first kappa shape index (κ1) is 23.0. The van der Waals surface area contributed by atoms with E-state index in [1.807, 2.05) is 23.1 Å². The van der Waals surface area contributed by atoms with Crippen molar-refractivity contribution in [3.05, 3.63) is 40.7 Å². The third-order valence-corrected chi connectivity index (χ3v) is 5.00. The van der Waals surface area contributed by atoms with E-state index in [2.05, 4.69) is 29.4 Å². The Hall–Kier alpha value is -2.25. The van der Waals surface area contributed by atoms with Crippen molar-refractivity contribution in [1.82, 2.24) is 20.4 Å². The zero-order valence-corrected chi connectivity index (χ0v) is 18.4. The molecule has 1 amide bonds. The molecule has 1 aliphatic rings. The number of amides is 1. The summed E-state index contributed by atoms with van der Waals surface area (Å²) in [5, 5.41) is 10.7. The van der Waals surface area contributed by atoms with Crippen LogP contribution in [0, 0.1) is 5.92 Å². The maximum atomic E-state index is 13.2. The molecular weight excluding hydrogens is 392 g/mol. The summed E-state index contributed by atoms with van der Waals surface area (Å²) >= 11 is 0. The Morgan fingerprint density at radius 3 is 2.69 bits per heavy atom. The van der Waals surface area contributed by atoms with Gasteiger partial charge in [0.05, 0.1) is 14.2 Å². The van der Waals surface area contributed by atoms with Crippen molar-refractivity contribution in [2.45, 2.75) is 33.2 Å². The van der Waals surface area contributed by atoms with Gasteiger partial charge in [0.1, 0.15) is 0 Å². The van der Waals surface area contributed by atoms with Crippen LogP contribution in [0.2, 0.25) is 0 Å². The normalized spacial score (nSPS) is 12.9. The van der Waals surface area contributed by atoms with E-state index < -0.39 is 0 Å². The number of H-pyrrole nitrogens is 1. The highest BCUT2D eigenvalue weighted by molar-refractivity contribution is 5.94.